The minimum atomic E-state index is -1.04. The third kappa shape index (κ3) is 3.30. The van der Waals surface area contributed by atoms with Crippen molar-refractivity contribution in [1.82, 2.24) is 10.2 Å². The first-order valence-electron chi connectivity index (χ1n) is 6.48. The number of hydrogen-bond donors (Lipinski definition) is 1. The second-order valence-corrected chi connectivity index (χ2v) is 4.95. The van der Waals surface area contributed by atoms with E-state index in [1.165, 1.54) is 31.4 Å². The first-order chi connectivity index (χ1) is 9.96. The normalized spacial score (nSPS) is 21.6. The fraction of sp³-hybridized carbons (Fsp3) is 0.429. The third-order valence-corrected chi connectivity index (χ3v) is 3.18. The summed E-state index contributed by atoms with van der Waals surface area (Å²) in [5, 5.41) is 2.59. The Morgan fingerprint density at radius 2 is 1.95 bits per heavy atom. The lowest BCUT2D eigenvalue weighted by molar-refractivity contribution is -0.132. The molecule has 1 fully saturated rings. The number of amides is 3. The molecule has 6 nitrogen and oxygen atoms in total. The Labute approximate surface area is 121 Å². The molecule has 1 heterocycles. The minimum absolute atomic E-state index is 0.104. The van der Waals surface area contributed by atoms with Crippen molar-refractivity contribution in [2.75, 3.05) is 26.9 Å². The van der Waals surface area contributed by atoms with Gasteiger partial charge in [-0.2, -0.15) is 0 Å². The van der Waals surface area contributed by atoms with Crippen LogP contribution in [0.5, 0.6) is 5.75 Å². The van der Waals surface area contributed by atoms with Crippen molar-refractivity contribution in [3.8, 4) is 5.75 Å². The van der Waals surface area contributed by atoms with Crippen LogP contribution in [-0.2, 0) is 9.53 Å². The van der Waals surface area contributed by atoms with Crippen LogP contribution in [0, 0.1) is 5.82 Å². The molecule has 114 valence electrons. The molecule has 1 aliphatic heterocycles. The van der Waals surface area contributed by atoms with E-state index in [9.17, 15) is 14.0 Å². The number of methoxy groups -OCH3 is 1. The number of ether oxygens (including phenoxy) is 2. The van der Waals surface area contributed by atoms with Crippen molar-refractivity contribution in [3.63, 3.8) is 0 Å². The van der Waals surface area contributed by atoms with Gasteiger partial charge in [0.15, 0.2) is 0 Å². The van der Waals surface area contributed by atoms with Crippen LogP contribution in [0.3, 0.4) is 0 Å². The maximum absolute atomic E-state index is 12.7. The Balaban J connectivity index is 1.90. The summed E-state index contributed by atoms with van der Waals surface area (Å²) in [6.45, 7) is 1.96. The average Bonchev–Trinajstić information content (AvgIpc) is 2.64. The van der Waals surface area contributed by atoms with Crippen molar-refractivity contribution in [2.45, 2.75) is 12.5 Å². The van der Waals surface area contributed by atoms with Crippen LogP contribution in [0.4, 0.5) is 9.18 Å². The average molecular weight is 296 g/mol. The molecule has 3 amide bonds. The molecule has 1 unspecified atom stereocenters. The predicted molar refractivity (Wildman–Crippen MR) is 72.4 cm³/mol. The molecular formula is C14H17FN2O4. The van der Waals surface area contributed by atoms with Gasteiger partial charge in [0.05, 0.1) is 13.2 Å². The van der Waals surface area contributed by atoms with E-state index < -0.39 is 11.6 Å². The zero-order valence-corrected chi connectivity index (χ0v) is 11.9. The first kappa shape index (κ1) is 15.2. The quantitative estimate of drug-likeness (QED) is 0.800. The van der Waals surface area contributed by atoms with E-state index in [4.69, 9.17) is 9.47 Å². The molecule has 1 aliphatic rings. The molecule has 0 aliphatic carbocycles. The summed E-state index contributed by atoms with van der Waals surface area (Å²) in [5.41, 5.74) is -1.04. The molecule has 2 rings (SSSR count). The second-order valence-electron chi connectivity index (χ2n) is 4.95. The molecule has 0 spiro atoms. The Morgan fingerprint density at radius 1 is 1.29 bits per heavy atom. The summed E-state index contributed by atoms with van der Waals surface area (Å²) in [6, 6.07) is 5.05. The molecule has 1 N–H and O–H groups in total. The monoisotopic (exact) mass is 296 g/mol. The smallest absolute Gasteiger partial charge is 0.325 e. The molecule has 0 saturated carbocycles. The Bertz CT molecular complexity index is 534. The van der Waals surface area contributed by atoms with Crippen LogP contribution in [0.2, 0.25) is 0 Å². The lowest BCUT2D eigenvalue weighted by atomic mass is 10.0. The van der Waals surface area contributed by atoms with Crippen LogP contribution in [0.1, 0.15) is 6.92 Å². The SMILES string of the molecule is COCC1(C)NC(=O)N(CCOc2ccc(F)cc2)C1=O. The third-order valence-electron chi connectivity index (χ3n) is 3.18. The number of carbonyl (C=O) groups excluding carboxylic acids is 2. The van der Waals surface area contributed by atoms with Gasteiger partial charge in [0.2, 0.25) is 0 Å². The van der Waals surface area contributed by atoms with Gasteiger partial charge >= 0.3 is 6.03 Å². The van der Waals surface area contributed by atoms with Gasteiger partial charge < -0.3 is 14.8 Å². The van der Waals surface area contributed by atoms with Crippen LogP contribution < -0.4 is 10.1 Å². The number of benzene rings is 1. The van der Waals surface area contributed by atoms with E-state index in [-0.39, 0.29) is 31.5 Å². The van der Waals surface area contributed by atoms with Gasteiger partial charge in [0.1, 0.15) is 23.7 Å². The van der Waals surface area contributed by atoms with Gasteiger partial charge in [0, 0.05) is 7.11 Å². The maximum Gasteiger partial charge on any atom is 0.325 e. The molecule has 7 heteroatoms. The number of hydrogen-bond acceptors (Lipinski definition) is 4. The topological polar surface area (TPSA) is 67.9 Å². The van der Waals surface area contributed by atoms with Crippen LogP contribution in [0.25, 0.3) is 0 Å². The predicted octanol–water partition coefficient (Wildman–Crippen LogP) is 1.16. The number of imide groups is 1. The highest BCUT2D eigenvalue weighted by Gasteiger charge is 2.47. The van der Waals surface area contributed by atoms with Gasteiger partial charge in [-0.3, -0.25) is 9.69 Å². The molecule has 1 aromatic carbocycles. The molecule has 0 radical (unpaired) electrons. The first-order valence-corrected chi connectivity index (χ1v) is 6.48. The summed E-state index contributed by atoms with van der Waals surface area (Å²) in [4.78, 5) is 25.1. The minimum Gasteiger partial charge on any atom is -0.492 e. The van der Waals surface area contributed by atoms with Crippen molar-refractivity contribution < 1.29 is 23.5 Å². The number of urea groups is 1. The second kappa shape index (κ2) is 6.09. The zero-order valence-electron chi connectivity index (χ0n) is 11.9. The number of nitrogens with one attached hydrogen (secondary N) is 1. The van der Waals surface area contributed by atoms with Gasteiger partial charge in [-0.15, -0.1) is 0 Å². The lowest BCUT2D eigenvalue weighted by Crippen LogP contribution is -2.48. The number of halogens is 1. The van der Waals surface area contributed by atoms with Crippen molar-refractivity contribution >= 4 is 11.9 Å². The van der Waals surface area contributed by atoms with Crippen LogP contribution in [-0.4, -0.2) is 49.2 Å². The summed E-state index contributed by atoms with van der Waals surface area (Å²) in [6.07, 6.45) is 0. The maximum atomic E-state index is 12.7. The molecular weight excluding hydrogens is 279 g/mol. The molecule has 1 saturated heterocycles. The standard InChI is InChI=1S/C14H17FN2O4/c1-14(9-20-2)12(18)17(13(19)16-14)7-8-21-11-5-3-10(15)4-6-11/h3-6H,7-9H2,1-2H3,(H,16,19). The van der Waals surface area contributed by atoms with Crippen LogP contribution >= 0.6 is 0 Å². The molecule has 0 aromatic heterocycles. The van der Waals surface area contributed by atoms with Gasteiger partial charge in [-0.1, -0.05) is 0 Å². The summed E-state index contributed by atoms with van der Waals surface area (Å²) in [7, 11) is 1.46. The molecule has 21 heavy (non-hydrogen) atoms. The zero-order chi connectivity index (χ0) is 15.5. The van der Waals surface area contributed by atoms with E-state index in [2.05, 4.69) is 5.32 Å². The van der Waals surface area contributed by atoms with E-state index in [0.29, 0.717) is 5.75 Å². The highest BCUT2D eigenvalue weighted by atomic mass is 19.1. The lowest BCUT2D eigenvalue weighted by Gasteiger charge is -2.20. The number of rotatable bonds is 6. The Hall–Kier alpha value is -2.15. The van der Waals surface area contributed by atoms with Crippen molar-refractivity contribution in [3.05, 3.63) is 30.1 Å². The summed E-state index contributed by atoms with van der Waals surface area (Å²) < 4.78 is 23.1. The summed E-state index contributed by atoms with van der Waals surface area (Å²) >= 11 is 0. The van der Waals surface area contributed by atoms with E-state index in [1.54, 1.807) is 6.92 Å². The highest BCUT2D eigenvalue weighted by Crippen LogP contribution is 2.18. The van der Waals surface area contributed by atoms with Crippen LogP contribution in [0.15, 0.2) is 24.3 Å². The molecule has 1 atom stereocenters. The summed E-state index contributed by atoms with van der Waals surface area (Å²) in [5.74, 6) is -0.230. The Morgan fingerprint density at radius 3 is 2.57 bits per heavy atom. The van der Waals surface area contributed by atoms with Crippen molar-refractivity contribution in [1.29, 1.82) is 0 Å². The Kier molecular flexibility index (Phi) is 4.42. The fourth-order valence-electron chi connectivity index (χ4n) is 2.12. The van der Waals surface area contributed by atoms with E-state index in [0.717, 1.165) is 4.90 Å². The molecule has 0 bridgehead atoms. The van der Waals surface area contributed by atoms with E-state index >= 15 is 0 Å². The highest BCUT2D eigenvalue weighted by molar-refractivity contribution is 6.06. The fourth-order valence-corrected chi connectivity index (χ4v) is 2.12. The number of nitrogens with zero attached hydrogens (tertiary/aromatic N) is 1. The van der Waals surface area contributed by atoms with Gasteiger partial charge in [-0.25, -0.2) is 9.18 Å². The number of carbonyl (C=O) groups is 2. The van der Waals surface area contributed by atoms with Gasteiger partial charge in [-0.05, 0) is 31.2 Å². The van der Waals surface area contributed by atoms with Crippen molar-refractivity contribution in [2.24, 2.45) is 0 Å². The molecule has 1 aromatic rings. The van der Waals surface area contributed by atoms with E-state index in [1.807, 2.05) is 0 Å². The van der Waals surface area contributed by atoms with Gasteiger partial charge in [0.25, 0.3) is 5.91 Å². The largest absolute Gasteiger partial charge is 0.492 e.